The van der Waals surface area contributed by atoms with Gasteiger partial charge in [0.05, 0.1) is 29.3 Å². The molecule has 0 bridgehead atoms. The molecule has 1 unspecified atom stereocenters. The largest absolute Gasteiger partial charge is 0.452 e. The number of para-hydroxylation sites is 1. The SMILES string of the molecule is Cc1cccc(C)c1NC(=O)COC(=O)c1ccc2c(c1)C(=O)N(CC1CCCO1)C2=O. The molecule has 32 heavy (non-hydrogen) atoms. The van der Waals surface area contributed by atoms with Gasteiger partial charge < -0.3 is 14.8 Å². The summed E-state index contributed by atoms with van der Waals surface area (Å²) in [5, 5.41) is 2.75. The molecule has 8 nitrogen and oxygen atoms in total. The van der Waals surface area contributed by atoms with Gasteiger partial charge in [0.1, 0.15) is 0 Å². The highest BCUT2D eigenvalue weighted by Crippen LogP contribution is 2.26. The number of aryl methyl sites for hydroxylation is 2. The molecule has 1 saturated heterocycles. The average Bonchev–Trinajstić information content (AvgIpc) is 3.37. The molecule has 0 saturated carbocycles. The molecule has 2 aliphatic heterocycles. The Morgan fingerprint density at radius 2 is 1.81 bits per heavy atom. The number of nitrogens with one attached hydrogen (secondary N) is 1. The lowest BCUT2D eigenvalue weighted by Crippen LogP contribution is -2.36. The Morgan fingerprint density at radius 1 is 1.09 bits per heavy atom. The van der Waals surface area contributed by atoms with Crippen LogP contribution in [0.25, 0.3) is 0 Å². The van der Waals surface area contributed by atoms with Crippen molar-refractivity contribution in [1.82, 2.24) is 4.90 Å². The topological polar surface area (TPSA) is 102 Å². The highest BCUT2D eigenvalue weighted by atomic mass is 16.5. The number of ether oxygens (including phenoxy) is 2. The fourth-order valence-corrected chi connectivity index (χ4v) is 3.98. The van der Waals surface area contributed by atoms with E-state index in [-0.39, 0.29) is 29.3 Å². The van der Waals surface area contributed by atoms with Crippen LogP contribution in [-0.2, 0) is 14.3 Å². The van der Waals surface area contributed by atoms with Crippen molar-refractivity contribution >= 4 is 29.4 Å². The van der Waals surface area contributed by atoms with Gasteiger partial charge in [-0.1, -0.05) is 18.2 Å². The number of amides is 3. The second kappa shape index (κ2) is 8.92. The van der Waals surface area contributed by atoms with Gasteiger partial charge in [-0.15, -0.1) is 0 Å². The third-order valence-electron chi connectivity index (χ3n) is 5.70. The molecular formula is C24H24N2O6. The number of imide groups is 1. The molecule has 166 valence electrons. The molecule has 2 heterocycles. The zero-order valence-electron chi connectivity index (χ0n) is 18.0. The van der Waals surface area contributed by atoms with E-state index in [0.29, 0.717) is 12.3 Å². The van der Waals surface area contributed by atoms with E-state index in [1.807, 2.05) is 32.0 Å². The minimum absolute atomic E-state index is 0.101. The molecule has 1 fully saturated rings. The normalized spacial score (nSPS) is 17.4. The number of benzene rings is 2. The van der Waals surface area contributed by atoms with Gasteiger partial charge in [0.15, 0.2) is 6.61 Å². The molecule has 1 atom stereocenters. The molecule has 2 aliphatic rings. The summed E-state index contributed by atoms with van der Waals surface area (Å²) in [5.74, 6) is -2.07. The van der Waals surface area contributed by atoms with E-state index in [1.165, 1.54) is 18.2 Å². The van der Waals surface area contributed by atoms with E-state index in [4.69, 9.17) is 9.47 Å². The molecule has 0 aromatic heterocycles. The molecule has 1 N–H and O–H groups in total. The first kappa shape index (κ1) is 21.7. The first-order chi connectivity index (χ1) is 15.3. The van der Waals surface area contributed by atoms with Gasteiger partial charge >= 0.3 is 5.97 Å². The molecule has 0 spiro atoms. The van der Waals surface area contributed by atoms with Crippen LogP contribution < -0.4 is 5.32 Å². The van der Waals surface area contributed by atoms with Gasteiger partial charge in [-0.2, -0.15) is 0 Å². The quantitative estimate of drug-likeness (QED) is 0.552. The smallest absolute Gasteiger partial charge is 0.338 e. The molecule has 2 aromatic carbocycles. The first-order valence-electron chi connectivity index (χ1n) is 10.5. The number of nitrogens with zero attached hydrogens (tertiary/aromatic N) is 1. The van der Waals surface area contributed by atoms with E-state index >= 15 is 0 Å². The Balaban J connectivity index is 1.39. The monoisotopic (exact) mass is 436 g/mol. The van der Waals surface area contributed by atoms with Crippen LogP contribution in [0.3, 0.4) is 0 Å². The molecule has 4 rings (SSSR count). The number of esters is 1. The molecule has 0 aliphatic carbocycles. The standard InChI is InChI=1S/C24H24N2O6/c1-14-5-3-6-15(2)21(14)25-20(27)13-32-24(30)16-8-9-18-19(11-16)23(29)26(22(18)28)12-17-7-4-10-31-17/h3,5-6,8-9,11,17H,4,7,10,12-13H2,1-2H3,(H,25,27). The van der Waals surface area contributed by atoms with Gasteiger partial charge in [0, 0.05) is 12.3 Å². The number of carbonyl (C=O) groups is 4. The number of hydrogen-bond acceptors (Lipinski definition) is 6. The lowest BCUT2D eigenvalue weighted by Gasteiger charge is -2.17. The maximum Gasteiger partial charge on any atom is 0.338 e. The Hall–Kier alpha value is -3.52. The Labute approximate surface area is 185 Å². The Bertz CT molecular complexity index is 1080. The summed E-state index contributed by atoms with van der Waals surface area (Å²) in [7, 11) is 0. The van der Waals surface area contributed by atoms with Crippen LogP contribution in [0, 0.1) is 13.8 Å². The van der Waals surface area contributed by atoms with Gasteiger partial charge in [-0.05, 0) is 56.0 Å². The summed E-state index contributed by atoms with van der Waals surface area (Å²) >= 11 is 0. The van der Waals surface area contributed by atoms with Crippen molar-refractivity contribution in [3.63, 3.8) is 0 Å². The van der Waals surface area contributed by atoms with Crippen LogP contribution in [0.5, 0.6) is 0 Å². The minimum atomic E-state index is -0.748. The summed E-state index contributed by atoms with van der Waals surface area (Å²) in [6.07, 6.45) is 1.55. The third-order valence-corrected chi connectivity index (χ3v) is 5.70. The van der Waals surface area contributed by atoms with E-state index < -0.39 is 30.3 Å². The number of fused-ring (bicyclic) bond motifs is 1. The van der Waals surface area contributed by atoms with Crippen LogP contribution in [-0.4, -0.2) is 54.5 Å². The van der Waals surface area contributed by atoms with Crippen molar-refractivity contribution in [2.24, 2.45) is 0 Å². The van der Waals surface area contributed by atoms with Gasteiger partial charge in [0.25, 0.3) is 17.7 Å². The highest BCUT2D eigenvalue weighted by Gasteiger charge is 2.38. The fourth-order valence-electron chi connectivity index (χ4n) is 3.98. The molecular weight excluding hydrogens is 412 g/mol. The lowest BCUT2D eigenvalue weighted by molar-refractivity contribution is -0.119. The predicted molar refractivity (Wildman–Crippen MR) is 116 cm³/mol. The molecule has 2 aromatic rings. The highest BCUT2D eigenvalue weighted by molar-refractivity contribution is 6.22. The maximum atomic E-state index is 12.7. The minimum Gasteiger partial charge on any atom is -0.452 e. The van der Waals surface area contributed by atoms with E-state index in [1.54, 1.807) is 0 Å². The zero-order chi connectivity index (χ0) is 22.8. The van der Waals surface area contributed by atoms with Crippen LogP contribution in [0.4, 0.5) is 5.69 Å². The maximum absolute atomic E-state index is 12.7. The Kier molecular flexibility index (Phi) is 6.05. The summed E-state index contributed by atoms with van der Waals surface area (Å²) in [6.45, 7) is 4.10. The van der Waals surface area contributed by atoms with Crippen LogP contribution in [0.15, 0.2) is 36.4 Å². The second-order valence-electron chi connectivity index (χ2n) is 8.01. The third kappa shape index (κ3) is 4.27. The first-order valence-corrected chi connectivity index (χ1v) is 10.5. The van der Waals surface area contributed by atoms with Gasteiger partial charge in [0.2, 0.25) is 0 Å². The van der Waals surface area contributed by atoms with Crippen molar-refractivity contribution in [2.45, 2.75) is 32.8 Å². The summed E-state index contributed by atoms with van der Waals surface area (Å²) in [5.41, 5.74) is 2.99. The summed E-state index contributed by atoms with van der Waals surface area (Å²) in [4.78, 5) is 51.2. The lowest BCUT2D eigenvalue weighted by atomic mass is 10.1. The van der Waals surface area contributed by atoms with E-state index in [9.17, 15) is 19.2 Å². The van der Waals surface area contributed by atoms with E-state index in [2.05, 4.69) is 5.32 Å². The number of rotatable bonds is 6. The number of hydrogen-bond donors (Lipinski definition) is 1. The summed E-state index contributed by atoms with van der Waals surface area (Å²) in [6, 6.07) is 9.85. The zero-order valence-corrected chi connectivity index (χ0v) is 18.0. The van der Waals surface area contributed by atoms with Crippen molar-refractivity contribution in [2.75, 3.05) is 25.1 Å². The molecule has 8 heteroatoms. The number of carbonyl (C=O) groups excluding carboxylic acids is 4. The van der Waals surface area contributed by atoms with Crippen LogP contribution in [0.1, 0.15) is 55.0 Å². The van der Waals surface area contributed by atoms with Crippen molar-refractivity contribution in [3.8, 4) is 0 Å². The summed E-state index contributed by atoms with van der Waals surface area (Å²) < 4.78 is 10.6. The molecule has 0 radical (unpaired) electrons. The van der Waals surface area contributed by atoms with Crippen molar-refractivity contribution < 1.29 is 28.7 Å². The second-order valence-corrected chi connectivity index (χ2v) is 8.01. The Morgan fingerprint density at radius 3 is 2.50 bits per heavy atom. The fraction of sp³-hybridized carbons (Fsp3) is 0.333. The number of anilines is 1. The molecule has 3 amide bonds. The van der Waals surface area contributed by atoms with Gasteiger partial charge in [-0.25, -0.2) is 4.79 Å². The average molecular weight is 436 g/mol. The van der Waals surface area contributed by atoms with Crippen molar-refractivity contribution in [1.29, 1.82) is 0 Å². The predicted octanol–water partition coefficient (Wildman–Crippen LogP) is 2.87. The van der Waals surface area contributed by atoms with Crippen molar-refractivity contribution in [3.05, 3.63) is 64.2 Å². The van der Waals surface area contributed by atoms with Crippen LogP contribution >= 0.6 is 0 Å². The van der Waals surface area contributed by atoms with Gasteiger partial charge in [-0.3, -0.25) is 19.3 Å². The van der Waals surface area contributed by atoms with E-state index in [0.717, 1.165) is 28.9 Å². The van der Waals surface area contributed by atoms with Crippen LogP contribution in [0.2, 0.25) is 0 Å².